The average Bonchev–Trinajstić information content (AvgIpc) is 3.40. The van der Waals surface area contributed by atoms with Gasteiger partial charge in [-0.1, -0.05) is 48.5 Å². The summed E-state index contributed by atoms with van der Waals surface area (Å²) < 4.78 is 10.7. The molecule has 0 fully saturated rings. The molecule has 0 N–H and O–H groups in total. The first-order valence-electron chi connectivity index (χ1n) is 9.04. The zero-order valence-electron chi connectivity index (χ0n) is 14.7. The van der Waals surface area contributed by atoms with Crippen LogP contribution < -0.4 is 0 Å². The molecule has 0 spiro atoms. The Bertz CT molecular complexity index is 1000. The van der Waals surface area contributed by atoms with Crippen LogP contribution in [0.2, 0.25) is 0 Å². The maximum Gasteiger partial charge on any atom is 0.193 e. The summed E-state index contributed by atoms with van der Waals surface area (Å²) in [5.74, 6) is 0.0937. The van der Waals surface area contributed by atoms with Crippen LogP contribution >= 0.6 is 0 Å². The first kappa shape index (κ1) is 15.9. The summed E-state index contributed by atoms with van der Waals surface area (Å²) in [5.41, 5.74) is 5.54. The van der Waals surface area contributed by atoms with Gasteiger partial charge in [-0.25, -0.2) is 0 Å². The highest BCUT2D eigenvalue weighted by Crippen LogP contribution is 2.46. The van der Waals surface area contributed by atoms with Gasteiger partial charge in [0.15, 0.2) is 5.78 Å². The van der Waals surface area contributed by atoms with E-state index >= 15 is 0 Å². The van der Waals surface area contributed by atoms with Gasteiger partial charge in [-0.2, -0.15) is 0 Å². The highest BCUT2D eigenvalue weighted by atomic mass is 16.3. The summed E-state index contributed by atoms with van der Waals surface area (Å²) in [4.78, 5) is 13.2. The smallest absolute Gasteiger partial charge is 0.193 e. The van der Waals surface area contributed by atoms with Crippen LogP contribution in [0.4, 0.5) is 0 Å². The SMILES string of the molecule is O=C1c2ccccc2C(Cc2ccoc2)(Cc2ccoc2)c2ccccc21. The van der Waals surface area contributed by atoms with Crippen LogP contribution in [-0.4, -0.2) is 5.78 Å². The number of carbonyl (C=O) groups is 1. The van der Waals surface area contributed by atoms with Crippen LogP contribution in [0.5, 0.6) is 0 Å². The lowest BCUT2D eigenvalue weighted by molar-refractivity contribution is 0.102. The number of carbonyl (C=O) groups excluding carboxylic acids is 1. The monoisotopic (exact) mass is 354 g/mol. The van der Waals surface area contributed by atoms with Gasteiger partial charge in [-0.15, -0.1) is 0 Å². The van der Waals surface area contributed by atoms with Crippen molar-refractivity contribution in [2.24, 2.45) is 0 Å². The van der Waals surface area contributed by atoms with Gasteiger partial charge in [0.1, 0.15) is 0 Å². The molecule has 1 aliphatic carbocycles. The summed E-state index contributed by atoms with van der Waals surface area (Å²) in [6, 6.07) is 19.9. The maximum absolute atomic E-state index is 13.2. The van der Waals surface area contributed by atoms with Crippen molar-refractivity contribution in [2.75, 3.05) is 0 Å². The van der Waals surface area contributed by atoms with Gasteiger partial charge in [0.05, 0.1) is 25.1 Å². The molecule has 0 amide bonds. The molecule has 2 heterocycles. The van der Waals surface area contributed by atoms with E-state index in [0.717, 1.165) is 46.2 Å². The molecule has 0 saturated heterocycles. The third kappa shape index (κ3) is 2.47. The van der Waals surface area contributed by atoms with Gasteiger partial charge in [0.2, 0.25) is 0 Å². The zero-order valence-corrected chi connectivity index (χ0v) is 14.7. The number of benzene rings is 2. The third-order valence-electron chi connectivity index (χ3n) is 5.55. The van der Waals surface area contributed by atoms with Crippen LogP contribution in [0.3, 0.4) is 0 Å². The second kappa shape index (κ2) is 6.13. The Morgan fingerprint density at radius 2 is 1.15 bits per heavy atom. The van der Waals surface area contributed by atoms with Gasteiger partial charge in [-0.3, -0.25) is 4.79 Å². The Morgan fingerprint density at radius 1 is 0.667 bits per heavy atom. The highest BCUT2D eigenvalue weighted by molar-refractivity contribution is 6.13. The first-order valence-corrected chi connectivity index (χ1v) is 9.04. The quantitative estimate of drug-likeness (QED) is 0.507. The molecule has 0 aliphatic heterocycles. The maximum atomic E-state index is 13.2. The average molecular weight is 354 g/mol. The van der Waals surface area contributed by atoms with Crippen LogP contribution in [-0.2, 0) is 18.3 Å². The Labute approximate surface area is 157 Å². The fraction of sp³-hybridized carbons (Fsp3) is 0.125. The van der Waals surface area contributed by atoms with Gasteiger partial charge < -0.3 is 8.83 Å². The van der Waals surface area contributed by atoms with E-state index < -0.39 is 0 Å². The number of ketones is 1. The lowest BCUT2D eigenvalue weighted by Gasteiger charge is -2.40. The predicted octanol–water partition coefficient (Wildman–Crippen LogP) is 5.19. The molecular formula is C24H18O3. The molecule has 27 heavy (non-hydrogen) atoms. The van der Waals surface area contributed by atoms with Crippen LogP contribution in [0.1, 0.15) is 38.2 Å². The summed E-state index contributed by atoms with van der Waals surface area (Å²) in [5, 5.41) is 0. The normalized spacial score (nSPS) is 14.6. The van der Waals surface area contributed by atoms with E-state index in [1.54, 1.807) is 25.1 Å². The molecule has 1 aliphatic rings. The molecule has 0 saturated carbocycles. The van der Waals surface area contributed by atoms with Crippen molar-refractivity contribution in [3.8, 4) is 0 Å². The first-order chi connectivity index (χ1) is 13.3. The molecule has 132 valence electrons. The minimum Gasteiger partial charge on any atom is -0.472 e. The fourth-order valence-corrected chi connectivity index (χ4v) is 4.41. The lowest BCUT2D eigenvalue weighted by Crippen LogP contribution is -2.39. The second-order valence-electron chi connectivity index (χ2n) is 7.12. The molecule has 2 aromatic carbocycles. The van der Waals surface area contributed by atoms with Crippen molar-refractivity contribution in [2.45, 2.75) is 18.3 Å². The number of fused-ring (bicyclic) bond motifs is 2. The fourth-order valence-electron chi connectivity index (χ4n) is 4.41. The molecule has 0 atom stereocenters. The van der Waals surface area contributed by atoms with Gasteiger partial charge >= 0.3 is 0 Å². The molecule has 2 aromatic heterocycles. The Morgan fingerprint density at radius 3 is 1.59 bits per heavy atom. The minimum absolute atomic E-state index is 0.0937. The minimum atomic E-state index is -0.366. The van der Waals surface area contributed by atoms with Gasteiger partial charge in [-0.05, 0) is 47.2 Å². The van der Waals surface area contributed by atoms with Crippen LogP contribution in [0, 0.1) is 0 Å². The van der Waals surface area contributed by atoms with E-state index in [4.69, 9.17) is 8.83 Å². The summed E-state index contributed by atoms with van der Waals surface area (Å²) >= 11 is 0. The van der Waals surface area contributed by atoms with Crippen LogP contribution in [0.25, 0.3) is 0 Å². The molecule has 5 rings (SSSR count). The van der Waals surface area contributed by atoms with E-state index in [0.29, 0.717) is 0 Å². The second-order valence-corrected chi connectivity index (χ2v) is 7.12. The van der Waals surface area contributed by atoms with E-state index in [1.165, 1.54) is 0 Å². The van der Waals surface area contributed by atoms with Crippen molar-refractivity contribution in [1.82, 2.24) is 0 Å². The Balaban J connectivity index is 1.80. The molecule has 0 radical (unpaired) electrons. The molecule has 0 unspecified atom stereocenters. The third-order valence-corrected chi connectivity index (χ3v) is 5.55. The van der Waals surface area contributed by atoms with E-state index in [-0.39, 0.29) is 11.2 Å². The van der Waals surface area contributed by atoms with E-state index in [2.05, 4.69) is 12.1 Å². The van der Waals surface area contributed by atoms with Crippen molar-refractivity contribution >= 4 is 5.78 Å². The highest BCUT2D eigenvalue weighted by Gasteiger charge is 2.43. The largest absolute Gasteiger partial charge is 0.472 e. The number of furan rings is 2. The predicted molar refractivity (Wildman–Crippen MR) is 102 cm³/mol. The van der Waals surface area contributed by atoms with Gasteiger partial charge in [0, 0.05) is 16.5 Å². The van der Waals surface area contributed by atoms with Crippen molar-refractivity contribution < 1.29 is 13.6 Å². The molecule has 0 bridgehead atoms. The Hall–Kier alpha value is -3.33. The zero-order chi connectivity index (χ0) is 18.3. The topological polar surface area (TPSA) is 43.4 Å². The molecule has 3 heteroatoms. The van der Waals surface area contributed by atoms with Crippen molar-refractivity contribution in [3.05, 3.63) is 119 Å². The van der Waals surface area contributed by atoms with E-state index in [1.807, 2.05) is 48.5 Å². The summed E-state index contributed by atoms with van der Waals surface area (Å²) in [7, 11) is 0. The summed E-state index contributed by atoms with van der Waals surface area (Å²) in [6.45, 7) is 0. The molecule has 3 nitrogen and oxygen atoms in total. The molecule has 4 aromatic rings. The van der Waals surface area contributed by atoms with E-state index in [9.17, 15) is 4.79 Å². The Kier molecular flexibility index (Phi) is 3.61. The van der Waals surface area contributed by atoms with Crippen molar-refractivity contribution in [3.63, 3.8) is 0 Å². The number of rotatable bonds is 4. The number of hydrogen-bond acceptors (Lipinski definition) is 3. The van der Waals surface area contributed by atoms with Crippen LogP contribution in [0.15, 0.2) is 94.6 Å². The number of hydrogen-bond donors (Lipinski definition) is 0. The lowest BCUT2D eigenvalue weighted by atomic mass is 9.61. The summed E-state index contributed by atoms with van der Waals surface area (Å²) in [6.07, 6.45) is 8.48. The van der Waals surface area contributed by atoms with Gasteiger partial charge in [0.25, 0.3) is 0 Å². The molecular weight excluding hydrogens is 336 g/mol. The van der Waals surface area contributed by atoms with Crippen molar-refractivity contribution in [1.29, 1.82) is 0 Å². The standard InChI is InChI=1S/C24H18O3/c25-23-19-5-1-3-7-21(19)24(13-17-9-11-26-15-17,14-18-10-12-27-16-18)22-8-4-2-6-20(22)23/h1-12,15-16H,13-14H2.